The number of pyridine rings is 2. The standard InChI is InChI=1S/C26H25N3O3S2/c1-33(30)25-14-13-21(18-28-25)23(16-19-8-5-6-9-19)24-17-20-10-7-15-27-26(20)29(24)34(31,32)22-11-3-2-4-12-22/h2-4,7,10-19H,5-6,8-9H2,1H3. The van der Waals surface area contributed by atoms with E-state index in [0.29, 0.717) is 22.3 Å². The highest BCUT2D eigenvalue weighted by Gasteiger charge is 2.27. The summed E-state index contributed by atoms with van der Waals surface area (Å²) in [7, 11) is -5.11. The molecule has 0 radical (unpaired) electrons. The van der Waals surface area contributed by atoms with Crippen molar-refractivity contribution in [3.05, 3.63) is 90.4 Å². The zero-order valence-electron chi connectivity index (χ0n) is 18.8. The van der Waals surface area contributed by atoms with Gasteiger partial charge in [-0.15, -0.1) is 0 Å². The minimum atomic E-state index is -3.92. The zero-order valence-corrected chi connectivity index (χ0v) is 20.4. The Hall–Kier alpha value is -3.10. The minimum Gasteiger partial charge on any atom is -0.253 e. The van der Waals surface area contributed by atoms with Crippen molar-refractivity contribution in [2.75, 3.05) is 6.26 Å². The average Bonchev–Trinajstić information content (AvgIpc) is 3.51. The van der Waals surface area contributed by atoms with Crippen LogP contribution in [0.2, 0.25) is 0 Å². The topological polar surface area (TPSA) is 81.9 Å². The summed E-state index contributed by atoms with van der Waals surface area (Å²) >= 11 is 0. The van der Waals surface area contributed by atoms with Crippen LogP contribution in [0.5, 0.6) is 0 Å². The highest BCUT2D eigenvalue weighted by molar-refractivity contribution is 7.90. The molecule has 8 heteroatoms. The van der Waals surface area contributed by atoms with E-state index in [0.717, 1.165) is 42.2 Å². The van der Waals surface area contributed by atoms with E-state index < -0.39 is 20.8 Å². The lowest BCUT2D eigenvalue weighted by atomic mass is 9.97. The van der Waals surface area contributed by atoms with Gasteiger partial charge < -0.3 is 0 Å². The molecule has 1 atom stereocenters. The van der Waals surface area contributed by atoms with Crippen molar-refractivity contribution in [2.45, 2.75) is 35.6 Å². The van der Waals surface area contributed by atoms with E-state index in [4.69, 9.17) is 0 Å². The van der Waals surface area contributed by atoms with Crippen molar-refractivity contribution in [1.29, 1.82) is 0 Å². The zero-order chi connectivity index (χ0) is 23.7. The summed E-state index contributed by atoms with van der Waals surface area (Å²) in [6.07, 6.45) is 11.5. The van der Waals surface area contributed by atoms with E-state index in [-0.39, 0.29) is 4.90 Å². The molecule has 34 heavy (non-hydrogen) atoms. The molecule has 3 heterocycles. The van der Waals surface area contributed by atoms with Crippen LogP contribution in [0.25, 0.3) is 16.6 Å². The van der Waals surface area contributed by atoms with Crippen LogP contribution in [0, 0.1) is 5.92 Å². The van der Waals surface area contributed by atoms with Crippen molar-refractivity contribution in [1.82, 2.24) is 13.9 Å². The maximum atomic E-state index is 13.9. The molecule has 6 nitrogen and oxygen atoms in total. The molecule has 0 aliphatic heterocycles. The summed E-state index contributed by atoms with van der Waals surface area (Å²) in [4.78, 5) is 9.03. The van der Waals surface area contributed by atoms with Crippen LogP contribution in [0.3, 0.4) is 0 Å². The van der Waals surface area contributed by atoms with E-state index >= 15 is 0 Å². The number of hydrogen-bond acceptors (Lipinski definition) is 5. The SMILES string of the molecule is CS(=O)c1ccc(C(=CC2CCCC2)c2cc3cccnc3n2S(=O)(=O)c2ccccc2)cn1. The first-order valence-corrected chi connectivity index (χ1v) is 14.2. The Morgan fingerprint density at radius 2 is 1.79 bits per heavy atom. The number of allylic oxidation sites excluding steroid dienone is 1. The molecule has 1 aliphatic carbocycles. The second-order valence-corrected chi connectivity index (χ2v) is 11.6. The molecule has 4 aromatic rings. The molecule has 174 valence electrons. The van der Waals surface area contributed by atoms with Gasteiger partial charge in [-0.2, -0.15) is 0 Å². The summed E-state index contributed by atoms with van der Waals surface area (Å²) in [5, 5.41) is 1.23. The predicted octanol–water partition coefficient (Wildman–Crippen LogP) is 5.03. The second kappa shape index (κ2) is 9.27. The molecular formula is C26H25N3O3S2. The van der Waals surface area contributed by atoms with Crippen LogP contribution in [0.15, 0.2) is 89.1 Å². The first kappa shape index (κ1) is 22.7. The molecule has 5 rings (SSSR count). The first-order valence-electron chi connectivity index (χ1n) is 11.2. The number of rotatable bonds is 6. The molecular weight excluding hydrogens is 466 g/mol. The largest absolute Gasteiger partial charge is 0.269 e. The van der Waals surface area contributed by atoms with Crippen LogP contribution in [-0.4, -0.2) is 32.8 Å². The Kier molecular flexibility index (Phi) is 6.18. The van der Waals surface area contributed by atoms with Gasteiger partial charge in [-0.25, -0.2) is 22.4 Å². The average molecular weight is 492 g/mol. The lowest BCUT2D eigenvalue weighted by Crippen LogP contribution is -2.16. The third-order valence-electron chi connectivity index (χ3n) is 6.22. The summed E-state index contributed by atoms with van der Waals surface area (Å²) < 4.78 is 41.0. The van der Waals surface area contributed by atoms with Crippen LogP contribution < -0.4 is 0 Å². The van der Waals surface area contributed by atoms with Crippen LogP contribution in [0.1, 0.15) is 36.9 Å². The molecule has 1 saturated carbocycles. The maximum absolute atomic E-state index is 13.9. The van der Waals surface area contributed by atoms with Gasteiger partial charge in [0.15, 0.2) is 5.65 Å². The number of nitrogens with zero attached hydrogens (tertiary/aromatic N) is 3. The number of fused-ring (bicyclic) bond motifs is 1. The Bertz CT molecular complexity index is 1490. The Balaban J connectivity index is 1.77. The van der Waals surface area contributed by atoms with E-state index in [1.165, 1.54) is 3.97 Å². The Morgan fingerprint density at radius 1 is 1.03 bits per heavy atom. The first-order chi connectivity index (χ1) is 16.4. The molecule has 3 aromatic heterocycles. The van der Waals surface area contributed by atoms with Gasteiger partial charge in [0.2, 0.25) is 0 Å². The maximum Gasteiger partial charge on any atom is 0.269 e. The smallest absolute Gasteiger partial charge is 0.253 e. The molecule has 1 fully saturated rings. The lowest BCUT2D eigenvalue weighted by Gasteiger charge is -2.16. The number of hydrogen-bond donors (Lipinski definition) is 0. The Labute approximate surface area is 201 Å². The van der Waals surface area contributed by atoms with Crippen molar-refractivity contribution < 1.29 is 12.6 Å². The van der Waals surface area contributed by atoms with Crippen molar-refractivity contribution in [2.24, 2.45) is 5.92 Å². The molecule has 0 saturated heterocycles. The fourth-order valence-electron chi connectivity index (χ4n) is 4.54. The van der Waals surface area contributed by atoms with Crippen LogP contribution >= 0.6 is 0 Å². The van der Waals surface area contributed by atoms with Gasteiger partial charge in [0.1, 0.15) is 5.03 Å². The lowest BCUT2D eigenvalue weighted by molar-refractivity contribution is 0.588. The minimum absolute atomic E-state index is 0.203. The van der Waals surface area contributed by atoms with Crippen molar-refractivity contribution in [3.63, 3.8) is 0 Å². The van der Waals surface area contributed by atoms with E-state index in [9.17, 15) is 12.6 Å². The summed E-state index contributed by atoms with van der Waals surface area (Å²) in [6, 6.07) is 17.6. The van der Waals surface area contributed by atoms with E-state index in [2.05, 4.69) is 16.0 Å². The van der Waals surface area contributed by atoms with Crippen LogP contribution in [0.4, 0.5) is 0 Å². The predicted molar refractivity (Wildman–Crippen MR) is 134 cm³/mol. The fourth-order valence-corrected chi connectivity index (χ4v) is 6.50. The second-order valence-electron chi connectivity index (χ2n) is 8.49. The number of benzene rings is 1. The van der Waals surface area contributed by atoms with Gasteiger partial charge >= 0.3 is 0 Å². The summed E-state index contributed by atoms with van der Waals surface area (Å²) in [5.74, 6) is 0.355. The highest BCUT2D eigenvalue weighted by Crippen LogP contribution is 2.36. The van der Waals surface area contributed by atoms with Gasteiger partial charge in [0.25, 0.3) is 10.0 Å². The monoisotopic (exact) mass is 491 g/mol. The van der Waals surface area contributed by atoms with Crippen molar-refractivity contribution >= 4 is 37.4 Å². The molecule has 0 bridgehead atoms. The third kappa shape index (κ3) is 4.23. The molecule has 1 aliphatic rings. The van der Waals surface area contributed by atoms with Gasteiger partial charge in [-0.1, -0.05) is 37.1 Å². The van der Waals surface area contributed by atoms with Gasteiger partial charge in [-0.05, 0) is 61.2 Å². The number of aromatic nitrogens is 3. The normalized spacial score (nSPS) is 16.2. The highest BCUT2D eigenvalue weighted by atomic mass is 32.2. The molecule has 0 N–H and O–H groups in total. The molecule has 0 amide bonds. The Morgan fingerprint density at radius 3 is 2.47 bits per heavy atom. The molecule has 1 aromatic carbocycles. The third-order valence-corrected chi connectivity index (χ3v) is 8.77. The summed E-state index contributed by atoms with van der Waals surface area (Å²) in [6.45, 7) is 0. The van der Waals surface area contributed by atoms with Crippen LogP contribution in [-0.2, 0) is 20.8 Å². The quantitative estimate of drug-likeness (QED) is 0.378. The van der Waals surface area contributed by atoms with Gasteiger partial charge in [-0.3, -0.25) is 4.21 Å². The summed E-state index contributed by atoms with van der Waals surface area (Å²) in [5.41, 5.74) is 2.52. The molecule has 1 unspecified atom stereocenters. The van der Waals surface area contributed by atoms with Gasteiger partial charge in [0.05, 0.1) is 21.4 Å². The fraction of sp³-hybridized carbons (Fsp3) is 0.231. The van der Waals surface area contributed by atoms with Gasteiger partial charge in [0, 0.05) is 35.2 Å². The van der Waals surface area contributed by atoms with E-state index in [1.807, 2.05) is 18.2 Å². The molecule has 0 spiro atoms. The van der Waals surface area contributed by atoms with E-state index in [1.54, 1.807) is 61.1 Å². The van der Waals surface area contributed by atoms with Crippen molar-refractivity contribution in [3.8, 4) is 0 Å².